The zero-order valence-electron chi connectivity index (χ0n) is 11.2. The van der Waals surface area contributed by atoms with Gasteiger partial charge in [0.1, 0.15) is 5.01 Å². The molecule has 0 amide bonds. The van der Waals surface area contributed by atoms with E-state index in [0.29, 0.717) is 5.56 Å². The van der Waals surface area contributed by atoms with Gasteiger partial charge in [-0.15, -0.1) is 11.3 Å². The van der Waals surface area contributed by atoms with Gasteiger partial charge in [-0.2, -0.15) is 0 Å². The highest BCUT2D eigenvalue weighted by molar-refractivity contribution is 7.15. The predicted octanol–water partition coefficient (Wildman–Crippen LogP) is 3.63. The first-order valence-corrected chi connectivity index (χ1v) is 7.04. The van der Waals surface area contributed by atoms with Crippen LogP contribution < -0.4 is 5.32 Å². The summed E-state index contributed by atoms with van der Waals surface area (Å²) < 4.78 is 13.4. The number of halogens is 1. The molecular weight excluding hydrogens is 263 g/mol. The Morgan fingerprint density at radius 1 is 1.47 bits per heavy atom. The maximum absolute atomic E-state index is 13.4. The number of nitrogens with zero attached hydrogens (tertiary/aromatic N) is 1. The van der Waals surface area contributed by atoms with Crippen LogP contribution in [-0.2, 0) is 0 Å². The first kappa shape index (κ1) is 14.0. The van der Waals surface area contributed by atoms with E-state index >= 15 is 0 Å². The number of benzene rings is 1. The Morgan fingerprint density at radius 2 is 2.21 bits per heavy atom. The average Bonchev–Trinajstić information content (AvgIpc) is 2.75. The van der Waals surface area contributed by atoms with Crippen LogP contribution in [0.2, 0.25) is 0 Å². The summed E-state index contributed by atoms with van der Waals surface area (Å²) in [5.41, 5.74) is 1.65. The van der Waals surface area contributed by atoms with E-state index in [4.69, 9.17) is 0 Å². The number of hydrogen-bond acceptors (Lipinski definition) is 4. The summed E-state index contributed by atoms with van der Waals surface area (Å²) in [5, 5.41) is 13.3. The van der Waals surface area contributed by atoms with Gasteiger partial charge in [0, 0.05) is 16.5 Å². The molecule has 2 rings (SSSR count). The Morgan fingerprint density at radius 3 is 2.84 bits per heavy atom. The van der Waals surface area contributed by atoms with Gasteiger partial charge < -0.3 is 10.4 Å². The molecule has 1 aromatic heterocycles. The highest BCUT2D eigenvalue weighted by atomic mass is 32.1. The Bertz CT molecular complexity index is 583. The molecule has 102 valence electrons. The van der Waals surface area contributed by atoms with Crippen molar-refractivity contribution in [2.45, 2.75) is 26.8 Å². The van der Waals surface area contributed by atoms with Crippen LogP contribution in [0.4, 0.5) is 4.39 Å². The number of phenols is 1. The van der Waals surface area contributed by atoms with Crippen LogP contribution >= 0.6 is 11.3 Å². The maximum atomic E-state index is 13.4. The van der Waals surface area contributed by atoms with E-state index in [2.05, 4.69) is 24.1 Å². The normalized spacial score (nSPS) is 12.6. The fraction of sp³-hybridized carbons (Fsp3) is 0.357. The van der Waals surface area contributed by atoms with Crippen LogP contribution in [0.3, 0.4) is 0 Å². The lowest BCUT2D eigenvalue weighted by Crippen LogP contribution is -2.17. The fourth-order valence-corrected chi connectivity index (χ4v) is 3.06. The molecule has 0 aliphatic carbocycles. The van der Waals surface area contributed by atoms with Crippen molar-refractivity contribution in [3.63, 3.8) is 0 Å². The van der Waals surface area contributed by atoms with E-state index in [1.54, 1.807) is 17.4 Å². The van der Waals surface area contributed by atoms with Gasteiger partial charge in [-0.25, -0.2) is 9.37 Å². The van der Waals surface area contributed by atoms with Crippen molar-refractivity contribution in [1.29, 1.82) is 0 Å². The molecule has 5 heteroatoms. The fourth-order valence-electron chi connectivity index (χ4n) is 1.97. The summed E-state index contributed by atoms with van der Waals surface area (Å²) in [6, 6.07) is 4.58. The molecule has 0 bridgehead atoms. The molecule has 1 aromatic carbocycles. The number of thiazole rings is 1. The molecule has 0 aliphatic rings. The minimum atomic E-state index is -0.619. The lowest BCUT2D eigenvalue weighted by molar-refractivity contribution is 0.432. The maximum Gasteiger partial charge on any atom is 0.165 e. The highest BCUT2D eigenvalue weighted by Crippen LogP contribution is 2.33. The second-order valence-electron chi connectivity index (χ2n) is 4.41. The average molecular weight is 280 g/mol. The summed E-state index contributed by atoms with van der Waals surface area (Å²) in [5.74, 6) is -0.954. The van der Waals surface area contributed by atoms with Crippen molar-refractivity contribution in [3.8, 4) is 16.3 Å². The monoisotopic (exact) mass is 280 g/mol. The molecule has 3 nitrogen and oxygen atoms in total. The second-order valence-corrected chi connectivity index (χ2v) is 5.44. The Kier molecular flexibility index (Phi) is 4.17. The van der Waals surface area contributed by atoms with Crippen molar-refractivity contribution >= 4 is 11.3 Å². The molecule has 2 aromatic rings. The number of phenolic OH excluding ortho intramolecular Hbond substituents is 1. The lowest BCUT2D eigenvalue weighted by Gasteiger charge is -2.09. The predicted molar refractivity (Wildman–Crippen MR) is 76.0 cm³/mol. The van der Waals surface area contributed by atoms with Crippen LogP contribution in [-0.4, -0.2) is 16.6 Å². The summed E-state index contributed by atoms with van der Waals surface area (Å²) in [4.78, 5) is 5.64. The molecular formula is C14H17FN2OS. The van der Waals surface area contributed by atoms with Crippen LogP contribution in [0.5, 0.6) is 5.75 Å². The molecule has 19 heavy (non-hydrogen) atoms. The largest absolute Gasteiger partial charge is 0.505 e. The SMILES string of the molecule is CCNC(C)c1sc(-c2ccc(O)c(F)c2)nc1C. The summed E-state index contributed by atoms with van der Waals surface area (Å²) in [7, 11) is 0. The number of hydrogen-bond donors (Lipinski definition) is 2. The third-order valence-electron chi connectivity index (χ3n) is 2.93. The van der Waals surface area contributed by atoms with Crippen molar-refractivity contribution < 1.29 is 9.50 Å². The number of nitrogens with one attached hydrogen (secondary N) is 1. The van der Waals surface area contributed by atoms with Crippen LogP contribution in [0.15, 0.2) is 18.2 Å². The zero-order chi connectivity index (χ0) is 14.0. The van der Waals surface area contributed by atoms with E-state index < -0.39 is 5.82 Å². The van der Waals surface area contributed by atoms with Gasteiger partial charge in [-0.05, 0) is 38.6 Å². The van der Waals surface area contributed by atoms with Crippen LogP contribution in [0.25, 0.3) is 10.6 Å². The summed E-state index contributed by atoms with van der Waals surface area (Å²) >= 11 is 1.55. The number of aryl methyl sites for hydroxylation is 1. The number of aromatic nitrogens is 1. The van der Waals surface area contributed by atoms with E-state index in [1.165, 1.54) is 12.1 Å². The smallest absolute Gasteiger partial charge is 0.165 e. The van der Waals surface area contributed by atoms with Gasteiger partial charge in [0.2, 0.25) is 0 Å². The van der Waals surface area contributed by atoms with Gasteiger partial charge in [-0.1, -0.05) is 6.92 Å². The van der Waals surface area contributed by atoms with Gasteiger partial charge in [0.15, 0.2) is 11.6 Å². The van der Waals surface area contributed by atoms with Crippen molar-refractivity contribution in [3.05, 3.63) is 34.6 Å². The quantitative estimate of drug-likeness (QED) is 0.899. The van der Waals surface area contributed by atoms with E-state index in [0.717, 1.165) is 22.1 Å². The molecule has 0 saturated carbocycles. The van der Waals surface area contributed by atoms with Gasteiger partial charge in [-0.3, -0.25) is 0 Å². The van der Waals surface area contributed by atoms with Crippen molar-refractivity contribution in [2.75, 3.05) is 6.54 Å². The highest BCUT2D eigenvalue weighted by Gasteiger charge is 2.15. The molecule has 1 unspecified atom stereocenters. The first-order valence-electron chi connectivity index (χ1n) is 6.22. The number of rotatable bonds is 4. The third-order valence-corrected chi connectivity index (χ3v) is 4.32. The topological polar surface area (TPSA) is 45.1 Å². The lowest BCUT2D eigenvalue weighted by atomic mass is 10.2. The van der Waals surface area contributed by atoms with Crippen LogP contribution in [0, 0.1) is 12.7 Å². The molecule has 0 radical (unpaired) electrons. The van der Waals surface area contributed by atoms with Crippen molar-refractivity contribution in [2.24, 2.45) is 0 Å². The van der Waals surface area contributed by atoms with Gasteiger partial charge in [0.25, 0.3) is 0 Å². The molecule has 1 heterocycles. The van der Waals surface area contributed by atoms with E-state index in [1.807, 2.05) is 6.92 Å². The standard InChI is InChI=1S/C14H17FN2OS/c1-4-16-8(2)13-9(3)17-14(19-13)10-5-6-12(18)11(15)7-10/h5-8,16,18H,4H2,1-3H3. The molecule has 0 spiro atoms. The molecule has 0 aliphatic heterocycles. The Hall–Kier alpha value is -1.46. The summed E-state index contributed by atoms with van der Waals surface area (Å²) in [6.07, 6.45) is 0. The molecule has 0 fully saturated rings. The number of aromatic hydroxyl groups is 1. The second kappa shape index (κ2) is 5.67. The zero-order valence-corrected chi connectivity index (χ0v) is 12.0. The summed E-state index contributed by atoms with van der Waals surface area (Å²) in [6.45, 7) is 7.00. The Labute approximate surface area is 116 Å². The first-order chi connectivity index (χ1) is 9.02. The minimum Gasteiger partial charge on any atom is -0.505 e. The van der Waals surface area contributed by atoms with E-state index in [-0.39, 0.29) is 11.8 Å². The third kappa shape index (κ3) is 2.93. The van der Waals surface area contributed by atoms with E-state index in [9.17, 15) is 9.50 Å². The molecule has 1 atom stereocenters. The van der Waals surface area contributed by atoms with Gasteiger partial charge >= 0.3 is 0 Å². The Balaban J connectivity index is 2.36. The molecule has 2 N–H and O–H groups in total. The van der Waals surface area contributed by atoms with Gasteiger partial charge in [0.05, 0.1) is 5.69 Å². The van der Waals surface area contributed by atoms with Crippen LogP contribution in [0.1, 0.15) is 30.5 Å². The molecule has 0 saturated heterocycles. The minimum absolute atomic E-state index is 0.234. The van der Waals surface area contributed by atoms with Crippen molar-refractivity contribution in [1.82, 2.24) is 10.3 Å².